The third-order valence-corrected chi connectivity index (χ3v) is 1.57. The van der Waals surface area contributed by atoms with E-state index >= 15 is 0 Å². The Morgan fingerprint density at radius 3 is 2.50 bits per heavy atom. The fourth-order valence-electron chi connectivity index (χ4n) is 1.01. The highest BCUT2D eigenvalue weighted by molar-refractivity contribution is 5.48. The van der Waals surface area contributed by atoms with E-state index in [4.69, 9.17) is 5.11 Å². The summed E-state index contributed by atoms with van der Waals surface area (Å²) in [4.78, 5) is 1.76. The third kappa shape index (κ3) is 2.10. The molecule has 1 rings (SSSR count). The molecule has 0 aliphatic carbocycles. The van der Waals surface area contributed by atoms with E-state index in [1.807, 2.05) is 49.5 Å². The molecule has 0 unspecified atom stereocenters. The second-order valence-corrected chi connectivity index (χ2v) is 2.43. The second kappa shape index (κ2) is 4.57. The van der Waals surface area contributed by atoms with Crippen LogP contribution in [0.2, 0.25) is 0 Å². The quantitative estimate of drug-likeness (QED) is 0.689. The Kier molecular flexibility index (Phi) is 3.35. The summed E-state index contributed by atoms with van der Waals surface area (Å²) in [5, 5.41) is 8.99. The maximum atomic E-state index is 8.99. The smallest absolute Gasteiger partial charge is 0.119 e. The van der Waals surface area contributed by atoms with Gasteiger partial charge in [0.1, 0.15) is 6.73 Å². The van der Waals surface area contributed by atoms with E-state index in [1.165, 1.54) is 0 Å². The number of anilines is 1. The van der Waals surface area contributed by atoms with Crippen molar-refractivity contribution in [1.29, 1.82) is 0 Å². The van der Waals surface area contributed by atoms with Crippen molar-refractivity contribution >= 4 is 5.69 Å². The SMILES string of the molecule is CC=CN(CO)c1ccccc1. The minimum atomic E-state index is 0.00829. The number of nitrogens with zero attached hydrogens (tertiary/aromatic N) is 1. The maximum Gasteiger partial charge on any atom is 0.119 e. The lowest BCUT2D eigenvalue weighted by atomic mass is 10.3. The molecule has 0 fully saturated rings. The predicted octanol–water partition coefficient (Wildman–Crippen LogP) is 1.98. The van der Waals surface area contributed by atoms with Crippen LogP contribution in [0.4, 0.5) is 5.69 Å². The molecule has 2 nitrogen and oxygen atoms in total. The second-order valence-electron chi connectivity index (χ2n) is 2.43. The monoisotopic (exact) mass is 163 g/mol. The minimum Gasteiger partial charge on any atom is -0.376 e. The van der Waals surface area contributed by atoms with E-state index in [2.05, 4.69) is 0 Å². The van der Waals surface area contributed by atoms with Crippen LogP contribution in [0, 0.1) is 0 Å². The number of benzene rings is 1. The number of aliphatic hydroxyl groups is 1. The molecular weight excluding hydrogens is 150 g/mol. The molecule has 0 saturated heterocycles. The molecule has 0 aliphatic rings. The van der Waals surface area contributed by atoms with E-state index in [9.17, 15) is 0 Å². The van der Waals surface area contributed by atoms with E-state index in [0.29, 0.717) is 0 Å². The summed E-state index contributed by atoms with van der Waals surface area (Å²) in [6, 6.07) is 9.75. The first-order valence-corrected chi connectivity index (χ1v) is 3.94. The van der Waals surface area contributed by atoms with E-state index in [1.54, 1.807) is 4.90 Å². The van der Waals surface area contributed by atoms with Gasteiger partial charge < -0.3 is 10.0 Å². The van der Waals surface area contributed by atoms with Gasteiger partial charge in [-0.05, 0) is 19.1 Å². The molecule has 0 aromatic heterocycles. The van der Waals surface area contributed by atoms with Crippen molar-refractivity contribution in [3.63, 3.8) is 0 Å². The van der Waals surface area contributed by atoms with Crippen LogP contribution < -0.4 is 4.90 Å². The molecule has 1 N–H and O–H groups in total. The fourth-order valence-corrected chi connectivity index (χ4v) is 1.01. The molecule has 1 aromatic rings. The van der Waals surface area contributed by atoms with Crippen molar-refractivity contribution in [2.45, 2.75) is 6.92 Å². The van der Waals surface area contributed by atoms with Gasteiger partial charge in [-0.3, -0.25) is 0 Å². The van der Waals surface area contributed by atoms with Crippen LogP contribution in [0.5, 0.6) is 0 Å². The zero-order chi connectivity index (χ0) is 8.81. The van der Waals surface area contributed by atoms with Gasteiger partial charge in [0.05, 0.1) is 0 Å². The van der Waals surface area contributed by atoms with Gasteiger partial charge in [0.25, 0.3) is 0 Å². The normalized spacial score (nSPS) is 10.5. The van der Waals surface area contributed by atoms with Crippen LogP contribution in [0.15, 0.2) is 42.6 Å². The number of aliphatic hydroxyl groups excluding tert-OH is 1. The molecule has 0 aliphatic heterocycles. The highest BCUT2D eigenvalue weighted by atomic mass is 16.3. The van der Waals surface area contributed by atoms with E-state index in [0.717, 1.165) is 5.69 Å². The molecule has 0 heterocycles. The number of hydrogen-bond acceptors (Lipinski definition) is 2. The highest BCUT2D eigenvalue weighted by Crippen LogP contribution is 2.12. The molecule has 0 atom stereocenters. The van der Waals surface area contributed by atoms with Crippen LogP contribution in [0.25, 0.3) is 0 Å². The summed E-state index contributed by atoms with van der Waals surface area (Å²) in [7, 11) is 0. The van der Waals surface area contributed by atoms with Crippen LogP contribution in [-0.2, 0) is 0 Å². The number of para-hydroxylation sites is 1. The van der Waals surface area contributed by atoms with Crippen LogP contribution >= 0.6 is 0 Å². The first-order valence-electron chi connectivity index (χ1n) is 3.94. The summed E-state index contributed by atoms with van der Waals surface area (Å²) in [5.74, 6) is 0. The lowest BCUT2D eigenvalue weighted by Crippen LogP contribution is -2.16. The minimum absolute atomic E-state index is 0.00829. The lowest BCUT2D eigenvalue weighted by molar-refractivity contribution is 0.303. The van der Waals surface area contributed by atoms with Gasteiger partial charge in [-0.1, -0.05) is 24.3 Å². The Morgan fingerprint density at radius 2 is 2.00 bits per heavy atom. The summed E-state index contributed by atoms with van der Waals surface area (Å²) in [5.41, 5.74) is 0.998. The first kappa shape index (κ1) is 8.81. The fraction of sp³-hybridized carbons (Fsp3) is 0.200. The molecule has 12 heavy (non-hydrogen) atoms. The van der Waals surface area contributed by atoms with Crippen LogP contribution in [-0.4, -0.2) is 11.8 Å². The summed E-state index contributed by atoms with van der Waals surface area (Å²) >= 11 is 0. The summed E-state index contributed by atoms with van der Waals surface area (Å²) in [6.07, 6.45) is 3.73. The van der Waals surface area contributed by atoms with E-state index < -0.39 is 0 Å². The predicted molar refractivity (Wildman–Crippen MR) is 50.8 cm³/mol. The van der Waals surface area contributed by atoms with Gasteiger partial charge >= 0.3 is 0 Å². The Balaban J connectivity index is 2.80. The van der Waals surface area contributed by atoms with Crippen molar-refractivity contribution in [3.8, 4) is 0 Å². The van der Waals surface area contributed by atoms with Gasteiger partial charge in [0, 0.05) is 11.9 Å². The summed E-state index contributed by atoms with van der Waals surface area (Å²) < 4.78 is 0. The molecule has 0 saturated carbocycles. The topological polar surface area (TPSA) is 23.5 Å². The van der Waals surface area contributed by atoms with Crippen LogP contribution in [0.3, 0.4) is 0 Å². The van der Waals surface area contributed by atoms with Crippen molar-refractivity contribution in [3.05, 3.63) is 42.6 Å². The standard InChI is InChI=1S/C10H13NO/c1-2-8-11(9-12)10-6-4-3-5-7-10/h2-8,12H,9H2,1H3. The molecule has 64 valence electrons. The first-order chi connectivity index (χ1) is 5.88. The maximum absolute atomic E-state index is 8.99. The van der Waals surface area contributed by atoms with Gasteiger partial charge in [-0.25, -0.2) is 0 Å². The number of hydrogen-bond donors (Lipinski definition) is 1. The Morgan fingerprint density at radius 1 is 1.33 bits per heavy atom. The Labute approximate surface area is 72.8 Å². The Bertz CT molecular complexity index is 243. The van der Waals surface area contributed by atoms with Gasteiger partial charge in [0.15, 0.2) is 0 Å². The lowest BCUT2D eigenvalue weighted by Gasteiger charge is -2.16. The van der Waals surface area contributed by atoms with E-state index in [-0.39, 0.29) is 6.73 Å². The molecule has 0 radical (unpaired) electrons. The Hall–Kier alpha value is -1.28. The average Bonchev–Trinajstić information content (AvgIpc) is 2.15. The van der Waals surface area contributed by atoms with Gasteiger partial charge in [-0.2, -0.15) is 0 Å². The average molecular weight is 163 g/mol. The van der Waals surface area contributed by atoms with Crippen LogP contribution in [0.1, 0.15) is 6.92 Å². The molecule has 0 spiro atoms. The van der Waals surface area contributed by atoms with Crippen molar-refractivity contribution in [1.82, 2.24) is 0 Å². The number of rotatable bonds is 3. The largest absolute Gasteiger partial charge is 0.376 e. The van der Waals surface area contributed by atoms with Crippen molar-refractivity contribution in [2.75, 3.05) is 11.6 Å². The molecule has 0 bridgehead atoms. The van der Waals surface area contributed by atoms with Crippen molar-refractivity contribution < 1.29 is 5.11 Å². The molecule has 2 heteroatoms. The zero-order valence-electron chi connectivity index (χ0n) is 7.14. The zero-order valence-corrected chi connectivity index (χ0v) is 7.14. The molecular formula is C10H13NO. The highest BCUT2D eigenvalue weighted by Gasteiger charge is 1.97. The van der Waals surface area contributed by atoms with Gasteiger partial charge in [-0.15, -0.1) is 0 Å². The molecule has 0 amide bonds. The summed E-state index contributed by atoms with van der Waals surface area (Å²) in [6.45, 7) is 1.93. The van der Waals surface area contributed by atoms with Crippen molar-refractivity contribution in [2.24, 2.45) is 0 Å². The third-order valence-electron chi connectivity index (χ3n) is 1.57. The number of allylic oxidation sites excluding steroid dienone is 1. The van der Waals surface area contributed by atoms with Gasteiger partial charge in [0.2, 0.25) is 0 Å². The molecule has 1 aromatic carbocycles.